The standard InChI is InChI=1S/C23H23FN4OS/c1-3-4-13-28-15(2)19(20(25-23(28)30)17-11-8-12-18(24)14-17)22-26-21(27-29-22)16-9-6-5-7-10-16/h5-12,14,20H,3-4,13H2,1-2H3,(H,25,30). The first-order chi connectivity index (χ1) is 14.6. The van der Waals surface area contributed by atoms with Crippen molar-refractivity contribution in [3.05, 3.63) is 77.6 Å². The number of allylic oxidation sites excluding steroid dienone is 1. The first-order valence-corrected chi connectivity index (χ1v) is 10.4. The number of hydrogen-bond acceptors (Lipinski definition) is 4. The maximum atomic E-state index is 14.0. The molecule has 2 aromatic carbocycles. The van der Waals surface area contributed by atoms with E-state index in [0.29, 0.717) is 16.8 Å². The molecule has 4 rings (SSSR count). The fourth-order valence-corrected chi connectivity index (χ4v) is 3.96. The van der Waals surface area contributed by atoms with Crippen LogP contribution in [0.15, 0.2) is 64.8 Å². The van der Waals surface area contributed by atoms with Gasteiger partial charge in [0.1, 0.15) is 5.82 Å². The molecule has 1 aromatic heterocycles. The number of nitrogens with one attached hydrogen (secondary N) is 1. The van der Waals surface area contributed by atoms with Crippen molar-refractivity contribution in [2.24, 2.45) is 0 Å². The maximum absolute atomic E-state index is 14.0. The Balaban J connectivity index is 1.81. The number of rotatable bonds is 6. The summed E-state index contributed by atoms with van der Waals surface area (Å²) in [4.78, 5) is 6.71. The number of hydrogen-bond donors (Lipinski definition) is 1. The van der Waals surface area contributed by atoms with Crippen molar-refractivity contribution >= 4 is 22.9 Å². The molecule has 1 unspecified atom stereocenters. The van der Waals surface area contributed by atoms with Crippen LogP contribution >= 0.6 is 12.2 Å². The van der Waals surface area contributed by atoms with Crippen molar-refractivity contribution in [3.63, 3.8) is 0 Å². The van der Waals surface area contributed by atoms with E-state index >= 15 is 0 Å². The summed E-state index contributed by atoms with van der Waals surface area (Å²) in [5, 5.41) is 8.14. The Morgan fingerprint density at radius 3 is 2.70 bits per heavy atom. The molecule has 0 spiro atoms. The predicted molar refractivity (Wildman–Crippen MR) is 119 cm³/mol. The van der Waals surface area contributed by atoms with E-state index in [1.807, 2.05) is 43.3 Å². The molecule has 30 heavy (non-hydrogen) atoms. The van der Waals surface area contributed by atoms with Crippen LogP contribution in [-0.2, 0) is 0 Å². The van der Waals surface area contributed by atoms with Crippen LogP contribution in [0.25, 0.3) is 17.0 Å². The highest BCUT2D eigenvalue weighted by Crippen LogP contribution is 2.37. The van der Waals surface area contributed by atoms with Gasteiger partial charge in [-0.3, -0.25) is 0 Å². The monoisotopic (exact) mass is 422 g/mol. The highest BCUT2D eigenvalue weighted by Gasteiger charge is 2.34. The van der Waals surface area contributed by atoms with Crippen molar-refractivity contribution < 1.29 is 8.91 Å². The molecule has 3 aromatic rings. The smallest absolute Gasteiger partial charge is 0.258 e. The van der Waals surface area contributed by atoms with Crippen LogP contribution in [0.5, 0.6) is 0 Å². The lowest BCUT2D eigenvalue weighted by Crippen LogP contribution is -2.46. The minimum atomic E-state index is -0.379. The number of benzene rings is 2. The van der Waals surface area contributed by atoms with Crippen molar-refractivity contribution in [2.75, 3.05) is 6.54 Å². The van der Waals surface area contributed by atoms with E-state index in [0.717, 1.165) is 41.8 Å². The van der Waals surface area contributed by atoms with E-state index in [1.54, 1.807) is 6.07 Å². The number of unbranched alkanes of at least 4 members (excludes halogenated alkanes) is 1. The zero-order valence-electron chi connectivity index (χ0n) is 16.9. The molecule has 1 atom stereocenters. The number of thiocarbonyl (C=S) groups is 1. The Kier molecular flexibility index (Phi) is 5.90. The van der Waals surface area contributed by atoms with Gasteiger partial charge in [0.2, 0.25) is 5.82 Å². The Labute approximate surface area is 180 Å². The average Bonchev–Trinajstić information content (AvgIpc) is 3.23. The molecule has 0 amide bonds. The Bertz CT molecular complexity index is 1080. The quantitative estimate of drug-likeness (QED) is 0.541. The van der Waals surface area contributed by atoms with Gasteiger partial charge in [0.05, 0.1) is 11.6 Å². The second kappa shape index (κ2) is 8.75. The van der Waals surface area contributed by atoms with Gasteiger partial charge in [-0.2, -0.15) is 4.98 Å². The highest BCUT2D eigenvalue weighted by atomic mass is 32.1. The lowest BCUT2D eigenvalue weighted by Gasteiger charge is -2.37. The summed E-state index contributed by atoms with van der Waals surface area (Å²) < 4.78 is 19.7. The molecule has 1 aliphatic rings. The fourth-order valence-electron chi connectivity index (χ4n) is 3.62. The Hall–Kier alpha value is -3.06. The predicted octanol–water partition coefficient (Wildman–Crippen LogP) is 5.34. The second-order valence-corrected chi connectivity index (χ2v) is 7.62. The topological polar surface area (TPSA) is 54.2 Å². The molecule has 0 radical (unpaired) electrons. The third-order valence-corrected chi connectivity index (χ3v) is 5.54. The van der Waals surface area contributed by atoms with Gasteiger partial charge in [0.15, 0.2) is 5.11 Å². The highest BCUT2D eigenvalue weighted by molar-refractivity contribution is 7.80. The van der Waals surface area contributed by atoms with E-state index in [2.05, 4.69) is 27.3 Å². The molecular weight excluding hydrogens is 399 g/mol. The van der Waals surface area contributed by atoms with E-state index in [-0.39, 0.29) is 11.9 Å². The molecule has 0 saturated heterocycles. The van der Waals surface area contributed by atoms with Crippen LogP contribution in [0, 0.1) is 5.82 Å². The Morgan fingerprint density at radius 1 is 1.17 bits per heavy atom. The lowest BCUT2D eigenvalue weighted by atomic mass is 9.94. The van der Waals surface area contributed by atoms with Crippen LogP contribution in [0.3, 0.4) is 0 Å². The minimum Gasteiger partial charge on any atom is -0.351 e. The first-order valence-electron chi connectivity index (χ1n) is 10.0. The second-order valence-electron chi connectivity index (χ2n) is 7.23. The fraction of sp³-hybridized carbons (Fsp3) is 0.261. The summed E-state index contributed by atoms with van der Waals surface area (Å²) in [5.41, 5.74) is 3.36. The maximum Gasteiger partial charge on any atom is 0.258 e. The average molecular weight is 423 g/mol. The SMILES string of the molecule is CCCCN1C(=S)NC(c2cccc(F)c2)C(c2nc(-c3ccccc3)no2)=C1C. The molecule has 2 heterocycles. The van der Waals surface area contributed by atoms with Crippen molar-refractivity contribution in [1.82, 2.24) is 20.4 Å². The molecule has 154 valence electrons. The van der Waals surface area contributed by atoms with Gasteiger partial charge >= 0.3 is 0 Å². The van der Waals surface area contributed by atoms with Crippen LogP contribution in [0.4, 0.5) is 4.39 Å². The van der Waals surface area contributed by atoms with Gasteiger partial charge in [-0.25, -0.2) is 4.39 Å². The van der Waals surface area contributed by atoms with Crippen molar-refractivity contribution in [1.29, 1.82) is 0 Å². The summed E-state index contributed by atoms with van der Waals surface area (Å²) in [6.07, 6.45) is 2.05. The summed E-state index contributed by atoms with van der Waals surface area (Å²) in [7, 11) is 0. The molecule has 1 N–H and O–H groups in total. The van der Waals surface area contributed by atoms with Crippen LogP contribution < -0.4 is 5.32 Å². The van der Waals surface area contributed by atoms with Crippen LogP contribution in [0.1, 0.15) is 44.2 Å². The van der Waals surface area contributed by atoms with E-state index in [9.17, 15) is 4.39 Å². The zero-order valence-corrected chi connectivity index (χ0v) is 17.7. The molecule has 0 saturated carbocycles. The molecule has 0 fully saturated rings. The summed E-state index contributed by atoms with van der Waals surface area (Å²) in [6, 6.07) is 15.8. The van der Waals surface area contributed by atoms with E-state index in [4.69, 9.17) is 16.7 Å². The van der Waals surface area contributed by atoms with Gasteiger partial charge in [0, 0.05) is 17.8 Å². The normalized spacial score (nSPS) is 16.7. The number of nitrogens with zero attached hydrogens (tertiary/aromatic N) is 3. The summed E-state index contributed by atoms with van der Waals surface area (Å²) in [6.45, 7) is 4.92. The third kappa shape index (κ3) is 3.98. The lowest BCUT2D eigenvalue weighted by molar-refractivity contribution is 0.395. The Morgan fingerprint density at radius 2 is 1.97 bits per heavy atom. The molecular formula is C23H23FN4OS. The van der Waals surface area contributed by atoms with Gasteiger partial charge in [0.25, 0.3) is 5.89 Å². The summed E-state index contributed by atoms with van der Waals surface area (Å²) in [5.74, 6) is 0.607. The molecule has 7 heteroatoms. The van der Waals surface area contributed by atoms with Crippen molar-refractivity contribution in [2.45, 2.75) is 32.7 Å². The van der Waals surface area contributed by atoms with Crippen molar-refractivity contribution in [3.8, 4) is 11.4 Å². The van der Waals surface area contributed by atoms with Gasteiger partial charge < -0.3 is 14.7 Å². The van der Waals surface area contributed by atoms with Gasteiger partial charge in [-0.05, 0) is 43.3 Å². The third-order valence-electron chi connectivity index (χ3n) is 5.20. The molecule has 0 bridgehead atoms. The summed E-state index contributed by atoms with van der Waals surface area (Å²) >= 11 is 5.63. The first kappa shape index (κ1) is 20.2. The number of halogens is 1. The zero-order chi connectivity index (χ0) is 21.1. The number of aromatic nitrogens is 2. The van der Waals surface area contributed by atoms with E-state index < -0.39 is 0 Å². The van der Waals surface area contributed by atoms with Gasteiger partial charge in [-0.1, -0.05) is 61.0 Å². The van der Waals surface area contributed by atoms with Gasteiger partial charge in [-0.15, -0.1) is 0 Å². The minimum absolute atomic E-state index is 0.305. The molecule has 5 nitrogen and oxygen atoms in total. The molecule has 1 aliphatic heterocycles. The largest absolute Gasteiger partial charge is 0.351 e. The van der Waals surface area contributed by atoms with Crippen LogP contribution in [-0.4, -0.2) is 26.7 Å². The van der Waals surface area contributed by atoms with E-state index in [1.165, 1.54) is 12.1 Å². The molecule has 0 aliphatic carbocycles. The van der Waals surface area contributed by atoms with Crippen LogP contribution in [0.2, 0.25) is 0 Å².